The molecule has 18 heavy (non-hydrogen) atoms. The summed E-state index contributed by atoms with van der Waals surface area (Å²) in [5, 5.41) is 6.84. The minimum atomic E-state index is -0.163. The third-order valence-electron chi connectivity index (χ3n) is 2.54. The minimum Gasteiger partial charge on any atom is -0.319 e. The molecule has 0 aliphatic carbocycles. The van der Waals surface area contributed by atoms with Gasteiger partial charge in [0.15, 0.2) is 5.65 Å². The van der Waals surface area contributed by atoms with Crippen LogP contribution in [0.15, 0.2) is 55.0 Å². The quantitative estimate of drug-likeness (QED) is 0.742. The van der Waals surface area contributed by atoms with Gasteiger partial charge in [-0.1, -0.05) is 18.2 Å². The first-order chi connectivity index (χ1) is 8.83. The average Bonchev–Trinajstić information content (AvgIpc) is 2.87. The van der Waals surface area contributed by atoms with E-state index in [1.54, 1.807) is 41.3 Å². The summed E-state index contributed by atoms with van der Waals surface area (Å²) in [5.41, 5.74) is 1.96. The molecule has 1 aromatic carbocycles. The molecule has 3 rings (SSSR count). The summed E-state index contributed by atoms with van der Waals surface area (Å²) in [6.45, 7) is 0. The zero-order valence-corrected chi connectivity index (χ0v) is 9.45. The second kappa shape index (κ2) is 4.29. The lowest BCUT2D eigenvalue weighted by molar-refractivity contribution is 0.102. The number of carbonyl (C=O) groups is 1. The van der Waals surface area contributed by atoms with Crippen molar-refractivity contribution < 1.29 is 4.79 Å². The van der Waals surface area contributed by atoms with Gasteiger partial charge in [0.2, 0.25) is 0 Å². The van der Waals surface area contributed by atoms with E-state index < -0.39 is 0 Å². The number of nitrogens with one attached hydrogen (secondary N) is 1. The molecule has 1 amide bonds. The van der Waals surface area contributed by atoms with E-state index in [0.717, 1.165) is 5.65 Å². The molecule has 0 spiro atoms. The second-order valence-corrected chi connectivity index (χ2v) is 3.80. The van der Waals surface area contributed by atoms with Gasteiger partial charge in [0.25, 0.3) is 5.91 Å². The van der Waals surface area contributed by atoms with Crippen molar-refractivity contribution in [1.29, 1.82) is 0 Å². The lowest BCUT2D eigenvalue weighted by atomic mass is 10.2. The molecule has 88 valence electrons. The molecule has 0 bridgehead atoms. The maximum Gasteiger partial charge on any atom is 0.255 e. The zero-order valence-electron chi connectivity index (χ0n) is 9.45. The standard InChI is InChI=1S/C13H10N4O/c18-13(10-4-2-1-3-5-10)16-11-8-14-12-6-7-15-17(12)9-11/h1-9H,(H,16,18). The molecule has 0 atom stereocenters. The summed E-state index contributed by atoms with van der Waals surface area (Å²) in [4.78, 5) is 16.1. The fourth-order valence-electron chi connectivity index (χ4n) is 1.67. The molecule has 0 aliphatic heterocycles. The number of nitrogens with zero attached hydrogens (tertiary/aromatic N) is 3. The normalized spacial score (nSPS) is 10.4. The molecule has 1 N–H and O–H groups in total. The SMILES string of the molecule is O=C(Nc1cnc2ccnn2c1)c1ccccc1. The highest BCUT2D eigenvalue weighted by atomic mass is 16.1. The highest BCUT2D eigenvalue weighted by molar-refractivity contribution is 6.04. The largest absolute Gasteiger partial charge is 0.319 e. The monoisotopic (exact) mass is 238 g/mol. The minimum absolute atomic E-state index is 0.163. The van der Waals surface area contributed by atoms with Gasteiger partial charge in [0.05, 0.1) is 24.3 Å². The zero-order chi connectivity index (χ0) is 12.4. The van der Waals surface area contributed by atoms with Crippen LogP contribution in [0.1, 0.15) is 10.4 Å². The van der Waals surface area contributed by atoms with Crippen LogP contribution in [-0.4, -0.2) is 20.5 Å². The Morgan fingerprint density at radius 3 is 2.83 bits per heavy atom. The summed E-state index contributed by atoms with van der Waals surface area (Å²) in [5.74, 6) is -0.163. The topological polar surface area (TPSA) is 59.3 Å². The number of hydrogen-bond acceptors (Lipinski definition) is 3. The Kier molecular flexibility index (Phi) is 2.49. The smallest absolute Gasteiger partial charge is 0.255 e. The fraction of sp³-hybridized carbons (Fsp3) is 0. The fourth-order valence-corrected chi connectivity index (χ4v) is 1.67. The van der Waals surface area contributed by atoms with Crippen LogP contribution in [0.5, 0.6) is 0 Å². The first kappa shape index (κ1) is 10.5. The van der Waals surface area contributed by atoms with Gasteiger partial charge in [-0.25, -0.2) is 9.50 Å². The Hall–Kier alpha value is -2.69. The predicted molar refractivity (Wildman–Crippen MR) is 67.4 cm³/mol. The molecule has 2 heterocycles. The van der Waals surface area contributed by atoms with Gasteiger partial charge in [-0.2, -0.15) is 5.10 Å². The average molecular weight is 238 g/mol. The number of amides is 1. The molecule has 0 saturated heterocycles. The summed E-state index contributed by atoms with van der Waals surface area (Å²) in [7, 11) is 0. The third kappa shape index (κ3) is 1.93. The van der Waals surface area contributed by atoms with Crippen LogP contribution in [0, 0.1) is 0 Å². The molecule has 0 unspecified atom stereocenters. The van der Waals surface area contributed by atoms with E-state index in [0.29, 0.717) is 11.3 Å². The lowest BCUT2D eigenvalue weighted by Gasteiger charge is -2.04. The molecule has 0 saturated carbocycles. The van der Waals surface area contributed by atoms with E-state index in [-0.39, 0.29) is 5.91 Å². The van der Waals surface area contributed by atoms with Crippen molar-refractivity contribution in [3.8, 4) is 0 Å². The van der Waals surface area contributed by atoms with Crippen molar-refractivity contribution in [2.24, 2.45) is 0 Å². The molecule has 5 nitrogen and oxygen atoms in total. The van der Waals surface area contributed by atoms with Crippen LogP contribution in [0.3, 0.4) is 0 Å². The number of benzene rings is 1. The van der Waals surface area contributed by atoms with Gasteiger partial charge in [-0.15, -0.1) is 0 Å². The van der Waals surface area contributed by atoms with Crippen molar-refractivity contribution in [3.63, 3.8) is 0 Å². The Labute approximate surface area is 103 Å². The van der Waals surface area contributed by atoms with Crippen LogP contribution in [0.25, 0.3) is 5.65 Å². The first-order valence-corrected chi connectivity index (χ1v) is 5.49. The molecular formula is C13H10N4O. The molecule has 0 aliphatic rings. The van der Waals surface area contributed by atoms with Crippen molar-refractivity contribution in [1.82, 2.24) is 14.6 Å². The maximum absolute atomic E-state index is 11.9. The van der Waals surface area contributed by atoms with Crippen LogP contribution in [0.4, 0.5) is 5.69 Å². The van der Waals surface area contributed by atoms with Gasteiger partial charge in [-0.05, 0) is 12.1 Å². The Morgan fingerprint density at radius 2 is 2.00 bits per heavy atom. The van der Waals surface area contributed by atoms with Gasteiger partial charge >= 0.3 is 0 Å². The summed E-state index contributed by atoms with van der Waals surface area (Å²) in [6.07, 6.45) is 4.99. The van der Waals surface area contributed by atoms with Gasteiger partial charge in [-0.3, -0.25) is 4.79 Å². The number of hydrogen-bond donors (Lipinski definition) is 1. The number of aromatic nitrogens is 3. The van der Waals surface area contributed by atoms with Gasteiger partial charge in [0.1, 0.15) is 0 Å². The molecule has 5 heteroatoms. The predicted octanol–water partition coefficient (Wildman–Crippen LogP) is 1.98. The molecule has 3 aromatic rings. The first-order valence-electron chi connectivity index (χ1n) is 5.49. The third-order valence-corrected chi connectivity index (χ3v) is 2.54. The lowest BCUT2D eigenvalue weighted by Crippen LogP contribution is -2.12. The van der Waals surface area contributed by atoms with Crippen molar-refractivity contribution in [2.75, 3.05) is 5.32 Å². The van der Waals surface area contributed by atoms with Crippen LogP contribution < -0.4 is 5.32 Å². The van der Waals surface area contributed by atoms with E-state index in [9.17, 15) is 4.79 Å². The van der Waals surface area contributed by atoms with Crippen molar-refractivity contribution >= 4 is 17.2 Å². The van der Waals surface area contributed by atoms with Gasteiger partial charge < -0.3 is 5.32 Å². The number of rotatable bonds is 2. The van der Waals surface area contributed by atoms with Crippen molar-refractivity contribution in [3.05, 3.63) is 60.6 Å². The van der Waals surface area contributed by atoms with Crippen molar-refractivity contribution in [2.45, 2.75) is 0 Å². The van der Waals surface area contributed by atoms with E-state index >= 15 is 0 Å². The van der Waals surface area contributed by atoms with E-state index in [2.05, 4.69) is 15.4 Å². The Morgan fingerprint density at radius 1 is 1.17 bits per heavy atom. The summed E-state index contributed by atoms with van der Waals surface area (Å²) >= 11 is 0. The summed E-state index contributed by atoms with van der Waals surface area (Å²) in [6, 6.07) is 10.8. The maximum atomic E-state index is 11.9. The van der Waals surface area contributed by atoms with E-state index in [1.165, 1.54) is 0 Å². The molecule has 2 aromatic heterocycles. The molecule has 0 fully saturated rings. The van der Waals surface area contributed by atoms with E-state index in [4.69, 9.17) is 0 Å². The molecular weight excluding hydrogens is 228 g/mol. The second-order valence-electron chi connectivity index (χ2n) is 3.80. The Bertz CT molecular complexity index is 690. The van der Waals surface area contributed by atoms with Crippen LogP contribution in [0.2, 0.25) is 0 Å². The van der Waals surface area contributed by atoms with Gasteiger partial charge in [0, 0.05) is 11.6 Å². The van der Waals surface area contributed by atoms with E-state index in [1.807, 2.05) is 18.2 Å². The number of anilines is 1. The number of fused-ring (bicyclic) bond motifs is 1. The highest BCUT2D eigenvalue weighted by Gasteiger charge is 2.06. The highest BCUT2D eigenvalue weighted by Crippen LogP contribution is 2.09. The number of carbonyl (C=O) groups excluding carboxylic acids is 1. The van der Waals surface area contributed by atoms with Crippen LogP contribution in [-0.2, 0) is 0 Å². The van der Waals surface area contributed by atoms with Crippen LogP contribution >= 0.6 is 0 Å². The summed E-state index contributed by atoms with van der Waals surface area (Å²) < 4.78 is 1.61. The molecule has 0 radical (unpaired) electrons. The Balaban J connectivity index is 1.86.